The van der Waals surface area contributed by atoms with Crippen molar-refractivity contribution >= 4 is 5.91 Å². The van der Waals surface area contributed by atoms with E-state index in [4.69, 9.17) is 5.73 Å². The average molecular weight is 278 g/mol. The van der Waals surface area contributed by atoms with Crippen LogP contribution in [0.5, 0.6) is 0 Å². The highest BCUT2D eigenvalue weighted by Crippen LogP contribution is 2.50. The molecule has 0 aromatic carbocycles. The molecule has 2 saturated carbocycles. The van der Waals surface area contributed by atoms with E-state index < -0.39 is 23.0 Å². The second-order valence-electron chi connectivity index (χ2n) is 5.93. The van der Waals surface area contributed by atoms with Crippen LogP contribution in [0.3, 0.4) is 0 Å². The van der Waals surface area contributed by atoms with Gasteiger partial charge in [-0.2, -0.15) is 13.2 Å². The molecule has 19 heavy (non-hydrogen) atoms. The van der Waals surface area contributed by atoms with Crippen molar-refractivity contribution in [3.63, 3.8) is 0 Å². The summed E-state index contributed by atoms with van der Waals surface area (Å²) in [6.45, 7) is 0.132. The van der Waals surface area contributed by atoms with E-state index in [1.165, 1.54) is 0 Å². The van der Waals surface area contributed by atoms with Gasteiger partial charge in [0.05, 0.1) is 5.41 Å². The number of hydrogen-bond donors (Lipinski definition) is 2. The summed E-state index contributed by atoms with van der Waals surface area (Å²) in [5.74, 6) is -0.494. The lowest BCUT2D eigenvalue weighted by Crippen LogP contribution is -2.55. The van der Waals surface area contributed by atoms with E-state index in [-0.39, 0.29) is 19.4 Å². The summed E-state index contributed by atoms with van der Waals surface area (Å²) in [6.07, 6.45) is 0.605. The van der Waals surface area contributed by atoms with Gasteiger partial charge in [-0.3, -0.25) is 4.79 Å². The van der Waals surface area contributed by atoms with Crippen LogP contribution in [0, 0.1) is 5.41 Å². The third-order valence-electron chi connectivity index (χ3n) is 4.58. The largest absolute Gasteiger partial charge is 0.411 e. The minimum atomic E-state index is -4.36. The number of amides is 1. The van der Waals surface area contributed by atoms with Crippen molar-refractivity contribution in [2.24, 2.45) is 11.1 Å². The molecule has 0 heterocycles. The zero-order valence-corrected chi connectivity index (χ0v) is 11.0. The quantitative estimate of drug-likeness (QED) is 0.779. The van der Waals surface area contributed by atoms with Crippen LogP contribution in [0.1, 0.15) is 51.4 Å². The molecule has 2 aliphatic carbocycles. The first-order valence-corrected chi connectivity index (χ1v) is 6.95. The summed E-state index contributed by atoms with van der Waals surface area (Å²) < 4.78 is 38.7. The Labute approximate surface area is 111 Å². The zero-order chi connectivity index (χ0) is 14.1. The number of carbonyl (C=O) groups excluding carboxylic acids is 1. The first-order chi connectivity index (χ1) is 8.85. The summed E-state index contributed by atoms with van der Waals surface area (Å²) in [5, 5.41) is 2.25. The normalized spacial score (nSPS) is 25.5. The predicted octanol–water partition coefficient (Wildman–Crippen LogP) is 2.50. The van der Waals surface area contributed by atoms with Gasteiger partial charge in [-0.05, 0) is 25.7 Å². The number of nitrogens with one attached hydrogen (secondary N) is 1. The third kappa shape index (κ3) is 2.73. The summed E-state index contributed by atoms with van der Waals surface area (Å²) in [4.78, 5) is 12.3. The molecule has 2 fully saturated rings. The van der Waals surface area contributed by atoms with Crippen LogP contribution in [0.2, 0.25) is 0 Å². The SMILES string of the molecule is NCC1(C(=O)NC2(C(F)(F)F)CC2)CCCCCC1. The molecule has 2 rings (SSSR count). The Balaban J connectivity index is 2.09. The number of nitrogens with two attached hydrogens (primary N) is 1. The molecule has 0 aliphatic heterocycles. The van der Waals surface area contributed by atoms with Gasteiger partial charge in [-0.15, -0.1) is 0 Å². The second-order valence-corrected chi connectivity index (χ2v) is 5.93. The van der Waals surface area contributed by atoms with Crippen molar-refractivity contribution in [3.8, 4) is 0 Å². The summed E-state index contributed by atoms with van der Waals surface area (Å²) >= 11 is 0. The molecule has 0 aromatic heterocycles. The van der Waals surface area contributed by atoms with Crippen molar-refractivity contribution in [1.29, 1.82) is 0 Å². The Bertz CT molecular complexity index is 342. The van der Waals surface area contributed by atoms with Crippen molar-refractivity contribution in [2.45, 2.75) is 63.1 Å². The van der Waals surface area contributed by atoms with Gasteiger partial charge in [0.15, 0.2) is 0 Å². The molecular formula is C13H21F3N2O. The lowest BCUT2D eigenvalue weighted by atomic mass is 9.79. The highest BCUT2D eigenvalue weighted by molar-refractivity contribution is 5.84. The van der Waals surface area contributed by atoms with Crippen molar-refractivity contribution in [3.05, 3.63) is 0 Å². The highest BCUT2D eigenvalue weighted by Gasteiger charge is 2.65. The molecule has 0 atom stereocenters. The third-order valence-corrected chi connectivity index (χ3v) is 4.58. The van der Waals surface area contributed by atoms with Crippen LogP contribution >= 0.6 is 0 Å². The smallest absolute Gasteiger partial charge is 0.341 e. The number of alkyl halides is 3. The molecule has 0 unspecified atom stereocenters. The lowest BCUT2D eigenvalue weighted by Gasteiger charge is -2.32. The average Bonchev–Trinajstić information content (AvgIpc) is 3.11. The standard InChI is InChI=1S/C13H21F3N2O/c14-13(15,16)12(7-8-12)18-10(19)11(9-17)5-3-1-2-4-6-11/h1-9,17H2,(H,18,19). The van der Waals surface area contributed by atoms with Crippen LogP contribution in [0.4, 0.5) is 13.2 Å². The van der Waals surface area contributed by atoms with Crippen LogP contribution in [-0.2, 0) is 4.79 Å². The molecule has 2 aliphatic rings. The van der Waals surface area contributed by atoms with Gasteiger partial charge in [-0.1, -0.05) is 25.7 Å². The summed E-state index contributed by atoms with van der Waals surface area (Å²) in [5.41, 5.74) is 2.95. The minimum Gasteiger partial charge on any atom is -0.341 e. The van der Waals surface area contributed by atoms with Gasteiger partial charge in [0.2, 0.25) is 5.91 Å². The van der Waals surface area contributed by atoms with E-state index in [1.54, 1.807) is 0 Å². The van der Waals surface area contributed by atoms with E-state index in [0.29, 0.717) is 12.8 Å². The molecule has 3 nitrogen and oxygen atoms in total. The second kappa shape index (κ2) is 4.96. The predicted molar refractivity (Wildman–Crippen MR) is 65.4 cm³/mol. The minimum absolute atomic E-state index is 0.0110. The molecule has 0 spiro atoms. The van der Waals surface area contributed by atoms with Crippen LogP contribution in [0.25, 0.3) is 0 Å². The molecule has 0 aromatic rings. The molecule has 0 saturated heterocycles. The van der Waals surface area contributed by atoms with E-state index in [1.807, 2.05) is 0 Å². The zero-order valence-electron chi connectivity index (χ0n) is 11.0. The molecule has 1 amide bonds. The van der Waals surface area contributed by atoms with Crippen molar-refractivity contribution in [1.82, 2.24) is 5.32 Å². The van der Waals surface area contributed by atoms with Crippen molar-refractivity contribution < 1.29 is 18.0 Å². The summed E-state index contributed by atoms with van der Waals surface area (Å²) in [7, 11) is 0. The van der Waals surface area contributed by atoms with Gasteiger partial charge >= 0.3 is 6.18 Å². The fourth-order valence-corrected chi connectivity index (χ4v) is 2.88. The van der Waals surface area contributed by atoms with Crippen molar-refractivity contribution in [2.75, 3.05) is 6.54 Å². The Morgan fingerprint density at radius 1 is 1.05 bits per heavy atom. The molecule has 110 valence electrons. The van der Waals surface area contributed by atoms with Gasteiger partial charge in [0, 0.05) is 6.54 Å². The molecule has 6 heteroatoms. The van der Waals surface area contributed by atoms with Crippen LogP contribution in [-0.4, -0.2) is 24.2 Å². The Morgan fingerprint density at radius 2 is 1.58 bits per heavy atom. The fourth-order valence-electron chi connectivity index (χ4n) is 2.88. The number of rotatable bonds is 3. The lowest BCUT2D eigenvalue weighted by molar-refractivity contribution is -0.173. The van der Waals surface area contributed by atoms with E-state index in [0.717, 1.165) is 25.7 Å². The maximum atomic E-state index is 12.9. The highest BCUT2D eigenvalue weighted by atomic mass is 19.4. The van der Waals surface area contributed by atoms with Gasteiger partial charge in [-0.25, -0.2) is 0 Å². The van der Waals surface area contributed by atoms with Gasteiger partial charge < -0.3 is 11.1 Å². The maximum absolute atomic E-state index is 12.9. The Hall–Kier alpha value is -0.780. The Kier molecular flexibility index (Phi) is 3.82. The topological polar surface area (TPSA) is 55.1 Å². The van der Waals surface area contributed by atoms with E-state index in [2.05, 4.69) is 5.32 Å². The molecule has 0 bridgehead atoms. The Morgan fingerprint density at radius 3 is 1.95 bits per heavy atom. The first kappa shape index (κ1) is 14.6. The number of hydrogen-bond acceptors (Lipinski definition) is 2. The van der Waals surface area contributed by atoms with Gasteiger partial charge in [0.1, 0.15) is 5.54 Å². The number of carbonyl (C=O) groups is 1. The van der Waals surface area contributed by atoms with E-state index >= 15 is 0 Å². The fraction of sp³-hybridized carbons (Fsp3) is 0.923. The van der Waals surface area contributed by atoms with E-state index in [9.17, 15) is 18.0 Å². The maximum Gasteiger partial charge on any atom is 0.411 e. The van der Waals surface area contributed by atoms with Crippen LogP contribution in [0.15, 0.2) is 0 Å². The molecule has 0 radical (unpaired) electrons. The summed E-state index contributed by atoms with van der Waals surface area (Å²) in [6, 6.07) is 0. The first-order valence-electron chi connectivity index (χ1n) is 6.95. The molecular weight excluding hydrogens is 257 g/mol. The monoisotopic (exact) mass is 278 g/mol. The number of halogens is 3. The van der Waals surface area contributed by atoms with Gasteiger partial charge in [0.25, 0.3) is 0 Å². The molecule has 3 N–H and O–H groups in total. The van der Waals surface area contributed by atoms with Crippen LogP contribution < -0.4 is 11.1 Å².